The predicted molar refractivity (Wildman–Crippen MR) is 26.1 cm³/mol. The molecule has 0 amide bonds. The van der Waals surface area contributed by atoms with Crippen LogP contribution in [-0.2, 0) is 0 Å². The van der Waals surface area contributed by atoms with Crippen molar-refractivity contribution >= 4 is 0 Å². The van der Waals surface area contributed by atoms with Gasteiger partial charge in [-0.25, -0.2) is 0 Å². The van der Waals surface area contributed by atoms with Crippen LogP contribution in [-0.4, -0.2) is 0 Å². The van der Waals surface area contributed by atoms with E-state index in [2.05, 4.69) is 6.08 Å². The summed E-state index contributed by atoms with van der Waals surface area (Å²) in [5.74, 6) is 0.843. The van der Waals surface area contributed by atoms with Gasteiger partial charge in [-0.15, -0.1) is 0 Å². The average molecular weight is 83.1 g/mol. The van der Waals surface area contributed by atoms with E-state index in [1.54, 1.807) is 6.20 Å². The smallest absolute Gasteiger partial charge is 0.0100 e. The fourth-order valence-electron chi connectivity index (χ4n) is 0.446. The van der Waals surface area contributed by atoms with Gasteiger partial charge in [-0.1, -0.05) is 6.08 Å². The second-order valence-corrected chi connectivity index (χ2v) is 1.72. The van der Waals surface area contributed by atoms with E-state index in [-0.39, 0.29) is 0 Å². The Kier molecular flexibility index (Phi) is 0.825. The molecule has 0 radical (unpaired) electrons. The largest absolute Gasteiger partial charge is 0.405 e. The van der Waals surface area contributed by atoms with Gasteiger partial charge in [-0.3, -0.25) is 0 Å². The molecule has 2 N–H and O–H groups in total. The Morgan fingerprint density at radius 3 is 2.33 bits per heavy atom. The van der Waals surface area contributed by atoms with E-state index >= 15 is 0 Å². The Morgan fingerprint density at radius 1 is 1.50 bits per heavy atom. The minimum atomic E-state index is 0.843. The fourth-order valence-corrected chi connectivity index (χ4v) is 0.446. The molecule has 1 aliphatic rings. The molecule has 0 aliphatic heterocycles. The van der Waals surface area contributed by atoms with Crippen molar-refractivity contribution in [3.8, 4) is 0 Å². The van der Waals surface area contributed by atoms with E-state index in [1.807, 2.05) is 0 Å². The summed E-state index contributed by atoms with van der Waals surface area (Å²) in [7, 11) is 0. The van der Waals surface area contributed by atoms with Crippen LogP contribution in [0.25, 0.3) is 0 Å². The Labute approximate surface area is 37.8 Å². The highest BCUT2D eigenvalue weighted by Gasteiger charge is 2.16. The van der Waals surface area contributed by atoms with E-state index in [4.69, 9.17) is 5.73 Å². The molecule has 1 saturated carbocycles. The summed E-state index contributed by atoms with van der Waals surface area (Å²) in [6, 6.07) is 0. The van der Waals surface area contributed by atoms with Crippen LogP contribution in [0.3, 0.4) is 0 Å². The first-order chi connectivity index (χ1) is 2.93. The molecule has 0 aromatic heterocycles. The molecule has 0 saturated heterocycles. The minimum Gasteiger partial charge on any atom is -0.405 e. The lowest BCUT2D eigenvalue weighted by Crippen LogP contribution is -1.75. The van der Waals surface area contributed by atoms with E-state index in [0.29, 0.717) is 0 Å². The van der Waals surface area contributed by atoms with Gasteiger partial charge >= 0.3 is 0 Å². The zero-order valence-corrected chi connectivity index (χ0v) is 3.72. The molecule has 1 fully saturated rings. The lowest BCUT2D eigenvalue weighted by atomic mass is 10.4. The second-order valence-electron chi connectivity index (χ2n) is 1.72. The Balaban J connectivity index is 2.15. The molecule has 1 aliphatic carbocycles. The molecule has 0 spiro atoms. The second kappa shape index (κ2) is 1.33. The summed E-state index contributed by atoms with van der Waals surface area (Å²) in [6.07, 6.45) is 6.40. The monoisotopic (exact) mass is 83.1 g/mol. The van der Waals surface area contributed by atoms with E-state index in [9.17, 15) is 0 Å². The van der Waals surface area contributed by atoms with Gasteiger partial charge < -0.3 is 5.73 Å². The maximum atomic E-state index is 5.09. The molecular weight excluding hydrogens is 74.1 g/mol. The molecule has 0 atom stereocenters. The fraction of sp³-hybridized carbons (Fsp3) is 0.600. The van der Waals surface area contributed by atoms with Crippen LogP contribution in [0.2, 0.25) is 0 Å². The van der Waals surface area contributed by atoms with Crippen molar-refractivity contribution in [3.05, 3.63) is 12.3 Å². The number of hydrogen-bond acceptors (Lipinski definition) is 1. The molecular formula is C5H9N. The molecule has 6 heavy (non-hydrogen) atoms. The zero-order chi connectivity index (χ0) is 4.41. The first-order valence-electron chi connectivity index (χ1n) is 2.32. The third kappa shape index (κ3) is 0.744. The summed E-state index contributed by atoms with van der Waals surface area (Å²) < 4.78 is 0. The highest BCUT2D eigenvalue weighted by molar-refractivity contribution is 4.92. The average Bonchev–Trinajstić information content (AvgIpc) is 2.21. The summed E-state index contributed by atoms with van der Waals surface area (Å²) in [5, 5.41) is 0. The van der Waals surface area contributed by atoms with Crippen molar-refractivity contribution in [2.45, 2.75) is 12.8 Å². The van der Waals surface area contributed by atoms with Gasteiger partial charge in [0.25, 0.3) is 0 Å². The van der Waals surface area contributed by atoms with Crippen molar-refractivity contribution in [2.24, 2.45) is 11.7 Å². The maximum absolute atomic E-state index is 5.09. The van der Waals surface area contributed by atoms with Crippen LogP contribution in [0, 0.1) is 5.92 Å². The van der Waals surface area contributed by atoms with Crippen molar-refractivity contribution in [1.82, 2.24) is 0 Å². The predicted octanol–water partition coefficient (Wildman–Crippen LogP) is 0.869. The Bertz CT molecular complexity index is 62.3. The molecule has 1 heteroatoms. The summed E-state index contributed by atoms with van der Waals surface area (Å²) in [6.45, 7) is 0. The van der Waals surface area contributed by atoms with Crippen LogP contribution < -0.4 is 5.73 Å². The summed E-state index contributed by atoms with van der Waals surface area (Å²) >= 11 is 0. The highest BCUT2D eigenvalue weighted by atomic mass is 14.5. The third-order valence-corrected chi connectivity index (χ3v) is 1.01. The lowest BCUT2D eigenvalue weighted by Gasteiger charge is -1.70. The zero-order valence-electron chi connectivity index (χ0n) is 3.72. The van der Waals surface area contributed by atoms with E-state index in [1.165, 1.54) is 12.8 Å². The molecule has 0 heterocycles. The number of nitrogens with two attached hydrogens (primary N) is 1. The van der Waals surface area contributed by atoms with E-state index in [0.717, 1.165) is 5.92 Å². The molecule has 0 aromatic rings. The van der Waals surface area contributed by atoms with Crippen molar-refractivity contribution < 1.29 is 0 Å². The van der Waals surface area contributed by atoms with Crippen LogP contribution in [0.1, 0.15) is 12.8 Å². The molecule has 0 aromatic carbocycles. The van der Waals surface area contributed by atoms with Gasteiger partial charge in [0.1, 0.15) is 0 Å². The van der Waals surface area contributed by atoms with Crippen LogP contribution >= 0.6 is 0 Å². The maximum Gasteiger partial charge on any atom is -0.0100 e. The molecule has 0 bridgehead atoms. The molecule has 1 nitrogen and oxygen atoms in total. The molecule has 0 unspecified atom stereocenters. The van der Waals surface area contributed by atoms with Gasteiger partial charge in [0.15, 0.2) is 0 Å². The lowest BCUT2D eigenvalue weighted by molar-refractivity contribution is 1.11. The van der Waals surface area contributed by atoms with Gasteiger partial charge in [0, 0.05) is 0 Å². The Hall–Kier alpha value is -0.460. The Morgan fingerprint density at radius 2 is 2.17 bits per heavy atom. The van der Waals surface area contributed by atoms with Gasteiger partial charge in [-0.2, -0.15) is 0 Å². The van der Waals surface area contributed by atoms with Crippen molar-refractivity contribution in [2.75, 3.05) is 0 Å². The first-order valence-corrected chi connectivity index (χ1v) is 2.32. The van der Waals surface area contributed by atoms with Crippen molar-refractivity contribution in [3.63, 3.8) is 0 Å². The number of allylic oxidation sites excluding steroid dienone is 1. The van der Waals surface area contributed by atoms with Gasteiger partial charge in [0.05, 0.1) is 0 Å². The summed E-state index contributed by atoms with van der Waals surface area (Å²) in [4.78, 5) is 0. The molecule has 1 rings (SSSR count). The molecule has 34 valence electrons. The number of hydrogen-bond donors (Lipinski definition) is 1. The van der Waals surface area contributed by atoms with Gasteiger partial charge in [-0.05, 0) is 25.0 Å². The van der Waals surface area contributed by atoms with Crippen LogP contribution in [0.5, 0.6) is 0 Å². The van der Waals surface area contributed by atoms with E-state index < -0.39 is 0 Å². The topological polar surface area (TPSA) is 26.0 Å². The van der Waals surface area contributed by atoms with Crippen molar-refractivity contribution in [1.29, 1.82) is 0 Å². The van der Waals surface area contributed by atoms with Crippen LogP contribution in [0.15, 0.2) is 12.3 Å². The highest BCUT2D eigenvalue weighted by Crippen LogP contribution is 2.29. The third-order valence-electron chi connectivity index (χ3n) is 1.01. The normalized spacial score (nSPS) is 22.7. The number of rotatable bonds is 1. The minimum absolute atomic E-state index is 0.843. The summed E-state index contributed by atoms with van der Waals surface area (Å²) in [5.41, 5.74) is 5.09. The quantitative estimate of drug-likeness (QED) is 0.500. The standard InChI is InChI=1S/C5H9N/c6-4-3-5-1-2-5/h3-5H,1-2,6H2/b4-3+. The first kappa shape index (κ1) is 3.72. The van der Waals surface area contributed by atoms with Crippen LogP contribution in [0.4, 0.5) is 0 Å². The SMILES string of the molecule is N/C=C/C1CC1. The van der Waals surface area contributed by atoms with Gasteiger partial charge in [0.2, 0.25) is 0 Å².